The summed E-state index contributed by atoms with van der Waals surface area (Å²) >= 11 is 0. The van der Waals surface area contributed by atoms with Gasteiger partial charge in [0.1, 0.15) is 0 Å². The van der Waals surface area contributed by atoms with E-state index in [-0.39, 0.29) is 17.7 Å². The fourth-order valence-corrected chi connectivity index (χ4v) is 5.07. The third-order valence-electron chi connectivity index (χ3n) is 6.28. The van der Waals surface area contributed by atoms with Crippen LogP contribution in [0, 0.1) is 19.8 Å². The van der Waals surface area contributed by atoms with E-state index in [0.717, 1.165) is 17.7 Å². The minimum atomic E-state index is -0.0273. The van der Waals surface area contributed by atoms with E-state index in [1.807, 2.05) is 6.07 Å². The Morgan fingerprint density at radius 1 is 0.852 bits per heavy atom. The summed E-state index contributed by atoms with van der Waals surface area (Å²) in [7, 11) is 0. The number of rotatable bonds is 2. The number of hydrogen-bond donors (Lipinski definition) is 1. The van der Waals surface area contributed by atoms with Gasteiger partial charge in [0.05, 0.1) is 5.92 Å². The van der Waals surface area contributed by atoms with Crippen LogP contribution >= 0.6 is 0 Å². The van der Waals surface area contributed by atoms with Crippen LogP contribution in [0.15, 0.2) is 66.7 Å². The van der Waals surface area contributed by atoms with Crippen molar-refractivity contribution in [3.8, 4) is 0 Å². The molecule has 3 aliphatic carbocycles. The van der Waals surface area contributed by atoms with Crippen molar-refractivity contribution in [3.63, 3.8) is 0 Å². The summed E-state index contributed by atoms with van der Waals surface area (Å²) in [6.07, 6.45) is 0.884. The van der Waals surface area contributed by atoms with E-state index in [0.29, 0.717) is 5.92 Å². The van der Waals surface area contributed by atoms with E-state index in [2.05, 4.69) is 79.8 Å². The first-order chi connectivity index (χ1) is 13.1. The van der Waals surface area contributed by atoms with Crippen molar-refractivity contribution in [2.45, 2.75) is 32.1 Å². The highest BCUT2D eigenvalue weighted by Crippen LogP contribution is 2.55. The van der Waals surface area contributed by atoms with E-state index in [1.54, 1.807) is 0 Å². The molecule has 27 heavy (non-hydrogen) atoms. The number of fused-ring (bicyclic) bond motifs is 1. The van der Waals surface area contributed by atoms with Crippen LogP contribution < -0.4 is 5.32 Å². The number of anilines is 1. The summed E-state index contributed by atoms with van der Waals surface area (Å²) in [6, 6.07) is 23.5. The van der Waals surface area contributed by atoms with Crippen molar-refractivity contribution in [3.05, 3.63) is 100 Å². The summed E-state index contributed by atoms with van der Waals surface area (Å²) in [5.41, 5.74) is 8.71. The van der Waals surface area contributed by atoms with Crippen molar-refractivity contribution < 1.29 is 4.79 Å². The van der Waals surface area contributed by atoms with Crippen molar-refractivity contribution in [2.24, 2.45) is 5.92 Å². The van der Waals surface area contributed by atoms with Crippen molar-refractivity contribution in [2.75, 3.05) is 5.32 Å². The lowest BCUT2D eigenvalue weighted by atomic mass is 9.59. The monoisotopic (exact) mass is 353 g/mol. The van der Waals surface area contributed by atoms with Gasteiger partial charge in [0, 0.05) is 17.5 Å². The predicted molar refractivity (Wildman–Crippen MR) is 109 cm³/mol. The molecule has 2 heteroatoms. The highest BCUT2D eigenvalue weighted by atomic mass is 16.1. The molecule has 0 radical (unpaired) electrons. The lowest BCUT2D eigenvalue weighted by Crippen LogP contribution is -2.38. The first kappa shape index (κ1) is 16.3. The number of carbonyl (C=O) groups excluding carboxylic acids is 1. The minimum absolute atomic E-state index is 0.0273. The Bertz CT molecular complexity index is 1000. The largest absolute Gasteiger partial charge is 0.326 e. The van der Waals surface area contributed by atoms with Crippen LogP contribution in [0.3, 0.4) is 0 Å². The standard InChI is InChI=1S/C25H23NO/c1-15-11-12-23(16(2)13-15)26-25(27)22-14-21-17-7-3-5-9-19(17)24(22)20-10-6-4-8-18(20)21/h3-13,21-22,24H,14H2,1-2H3,(H,26,27)/t21?,22-,24?/m1/s1. The average Bonchev–Trinajstić information content (AvgIpc) is 2.70. The molecule has 0 spiro atoms. The van der Waals surface area contributed by atoms with E-state index < -0.39 is 0 Å². The molecule has 3 aromatic carbocycles. The third-order valence-corrected chi connectivity index (χ3v) is 6.28. The van der Waals surface area contributed by atoms with Crippen LogP contribution in [0.2, 0.25) is 0 Å². The lowest BCUT2D eigenvalue weighted by Gasteiger charge is -2.44. The molecule has 1 N–H and O–H groups in total. The van der Waals surface area contributed by atoms with Crippen LogP contribution in [0.25, 0.3) is 0 Å². The zero-order valence-electron chi connectivity index (χ0n) is 15.7. The first-order valence-corrected chi connectivity index (χ1v) is 9.69. The normalized spacial score (nSPS) is 22.1. The fourth-order valence-electron chi connectivity index (χ4n) is 5.07. The van der Waals surface area contributed by atoms with Crippen LogP contribution in [0.1, 0.15) is 51.6 Å². The SMILES string of the molecule is Cc1ccc(NC(=O)[C@@H]2CC3c4ccccc4C2c2ccccc23)c(C)c1. The molecule has 2 bridgehead atoms. The molecule has 2 nitrogen and oxygen atoms in total. The van der Waals surface area contributed by atoms with Crippen LogP contribution in [-0.4, -0.2) is 5.91 Å². The van der Waals surface area contributed by atoms with Gasteiger partial charge in [-0.1, -0.05) is 66.2 Å². The van der Waals surface area contributed by atoms with Crippen molar-refractivity contribution in [1.29, 1.82) is 0 Å². The summed E-state index contributed by atoms with van der Waals surface area (Å²) in [6.45, 7) is 4.13. The van der Waals surface area contributed by atoms with E-state index in [1.165, 1.54) is 27.8 Å². The maximum atomic E-state index is 13.3. The number of nitrogens with one attached hydrogen (secondary N) is 1. The molecule has 6 rings (SSSR count). The minimum Gasteiger partial charge on any atom is -0.326 e. The van der Waals surface area contributed by atoms with Crippen LogP contribution in [-0.2, 0) is 4.79 Å². The number of aryl methyl sites for hydroxylation is 2. The van der Waals surface area contributed by atoms with Gasteiger partial charge in [-0.3, -0.25) is 4.79 Å². The second kappa shape index (κ2) is 6.09. The molecular formula is C25H23NO. The number of carbonyl (C=O) groups is 1. The summed E-state index contributed by atoms with van der Waals surface area (Å²) in [5.74, 6) is 0.576. The van der Waals surface area contributed by atoms with E-state index >= 15 is 0 Å². The number of amides is 1. The second-order valence-electron chi connectivity index (χ2n) is 7.94. The van der Waals surface area contributed by atoms with Gasteiger partial charge in [0.25, 0.3) is 0 Å². The molecule has 0 saturated carbocycles. The predicted octanol–water partition coefficient (Wildman–Crippen LogP) is 5.54. The Labute approximate surface area is 160 Å². The maximum Gasteiger partial charge on any atom is 0.228 e. The Morgan fingerprint density at radius 2 is 1.44 bits per heavy atom. The highest BCUT2D eigenvalue weighted by Gasteiger charge is 2.45. The van der Waals surface area contributed by atoms with Gasteiger partial charge in [0.2, 0.25) is 5.91 Å². The topological polar surface area (TPSA) is 29.1 Å². The molecule has 0 aromatic heterocycles. The lowest BCUT2D eigenvalue weighted by molar-refractivity contribution is -0.121. The molecule has 1 atom stereocenters. The molecule has 0 saturated heterocycles. The molecule has 0 fully saturated rings. The zero-order chi connectivity index (χ0) is 18.5. The highest BCUT2D eigenvalue weighted by molar-refractivity contribution is 5.95. The van der Waals surface area contributed by atoms with Gasteiger partial charge in [0.15, 0.2) is 0 Å². The molecular weight excluding hydrogens is 330 g/mol. The maximum absolute atomic E-state index is 13.3. The smallest absolute Gasteiger partial charge is 0.228 e. The van der Waals surface area contributed by atoms with Gasteiger partial charge in [-0.2, -0.15) is 0 Å². The van der Waals surface area contributed by atoms with Gasteiger partial charge >= 0.3 is 0 Å². The summed E-state index contributed by atoms with van der Waals surface area (Å²) in [5, 5.41) is 3.21. The first-order valence-electron chi connectivity index (χ1n) is 9.69. The second-order valence-corrected chi connectivity index (χ2v) is 7.94. The van der Waals surface area contributed by atoms with Crippen LogP contribution in [0.4, 0.5) is 5.69 Å². The van der Waals surface area contributed by atoms with E-state index in [4.69, 9.17) is 0 Å². The molecule has 1 amide bonds. The Hall–Kier alpha value is -2.87. The van der Waals surface area contributed by atoms with Crippen molar-refractivity contribution in [1.82, 2.24) is 0 Å². The molecule has 3 aliphatic rings. The Kier molecular flexibility index (Phi) is 3.68. The van der Waals surface area contributed by atoms with Gasteiger partial charge in [-0.25, -0.2) is 0 Å². The van der Waals surface area contributed by atoms with Gasteiger partial charge in [-0.15, -0.1) is 0 Å². The van der Waals surface area contributed by atoms with Crippen molar-refractivity contribution >= 4 is 11.6 Å². The molecule has 134 valence electrons. The zero-order valence-corrected chi connectivity index (χ0v) is 15.7. The molecule has 3 aromatic rings. The fraction of sp³-hybridized carbons (Fsp3) is 0.240. The Balaban J connectivity index is 1.54. The third kappa shape index (κ3) is 2.51. The average molecular weight is 353 g/mol. The quantitative estimate of drug-likeness (QED) is 0.644. The van der Waals surface area contributed by atoms with Gasteiger partial charge < -0.3 is 5.32 Å². The molecule has 0 unspecified atom stereocenters. The van der Waals surface area contributed by atoms with E-state index in [9.17, 15) is 4.79 Å². The summed E-state index contributed by atoms with van der Waals surface area (Å²) in [4.78, 5) is 13.3. The Morgan fingerprint density at radius 3 is 2.04 bits per heavy atom. The number of hydrogen-bond acceptors (Lipinski definition) is 1. The molecule has 0 heterocycles. The number of benzene rings is 3. The van der Waals surface area contributed by atoms with Gasteiger partial charge in [-0.05, 0) is 54.2 Å². The molecule has 0 aliphatic heterocycles. The van der Waals surface area contributed by atoms with Crippen LogP contribution in [0.5, 0.6) is 0 Å². The summed E-state index contributed by atoms with van der Waals surface area (Å²) < 4.78 is 0.